The molecule has 0 saturated heterocycles. The Labute approximate surface area is 221 Å². The molecule has 0 spiro atoms. The third-order valence-corrected chi connectivity index (χ3v) is 8.22. The number of rotatable bonds is 8. The van der Waals surface area contributed by atoms with E-state index in [1.165, 1.54) is 24.2 Å². The monoisotopic (exact) mass is 522 g/mol. The standard InChI is InChI=1S/C28H34N4O4S/c1-17-13-32(18(2)16-33)28(35)20-7-6-9-22(25(20)36-23(17)15-31(3)14-19-11-12-19)29-26(34)27-30-21-8-4-5-10-24(21)37-27/h4-10,17-19,23,33H,11-16H2,1-3H3,(H,29,34)/t17-,18+,23+/m1/s1. The van der Waals surface area contributed by atoms with Crippen molar-refractivity contribution in [1.29, 1.82) is 0 Å². The fourth-order valence-corrected chi connectivity index (χ4v) is 5.69. The van der Waals surface area contributed by atoms with Crippen molar-refractivity contribution in [2.45, 2.75) is 38.8 Å². The molecule has 2 aromatic carbocycles. The second-order valence-electron chi connectivity index (χ2n) is 10.4. The second kappa shape index (κ2) is 10.8. The molecule has 8 nitrogen and oxygen atoms in total. The Kier molecular flexibility index (Phi) is 7.46. The quantitative estimate of drug-likeness (QED) is 0.462. The van der Waals surface area contributed by atoms with Gasteiger partial charge in [0.15, 0.2) is 10.8 Å². The number of anilines is 1. The first-order valence-electron chi connectivity index (χ1n) is 12.9. The van der Waals surface area contributed by atoms with Crippen LogP contribution in [0.3, 0.4) is 0 Å². The summed E-state index contributed by atoms with van der Waals surface area (Å²) in [7, 11) is 2.11. The highest BCUT2D eigenvalue weighted by molar-refractivity contribution is 7.20. The number of carbonyl (C=O) groups excluding carboxylic acids is 2. The van der Waals surface area contributed by atoms with Crippen LogP contribution in [-0.2, 0) is 0 Å². The summed E-state index contributed by atoms with van der Waals surface area (Å²) < 4.78 is 7.53. The van der Waals surface area contributed by atoms with Crippen LogP contribution < -0.4 is 10.1 Å². The number of para-hydroxylation sites is 2. The lowest BCUT2D eigenvalue weighted by Gasteiger charge is -2.38. The van der Waals surface area contributed by atoms with E-state index >= 15 is 0 Å². The van der Waals surface area contributed by atoms with Crippen LogP contribution in [0.5, 0.6) is 5.75 Å². The first-order valence-corrected chi connectivity index (χ1v) is 13.7. The topological polar surface area (TPSA) is 95.0 Å². The van der Waals surface area contributed by atoms with Crippen LogP contribution in [0, 0.1) is 11.8 Å². The van der Waals surface area contributed by atoms with Gasteiger partial charge in [0.25, 0.3) is 11.8 Å². The predicted octanol–water partition coefficient (Wildman–Crippen LogP) is 4.11. The Morgan fingerprint density at radius 2 is 2.03 bits per heavy atom. The fraction of sp³-hybridized carbons (Fsp3) is 0.464. The van der Waals surface area contributed by atoms with Crippen LogP contribution in [0.1, 0.15) is 46.8 Å². The molecule has 0 unspecified atom stereocenters. The summed E-state index contributed by atoms with van der Waals surface area (Å²) in [6.45, 7) is 5.99. The summed E-state index contributed by atoms with van der Waals surface area (Å²) in [5, 5.41) is 13.2. The lowest BCUT2D eigenvalue weighted by molar-refractivity contribution is 0.0345. The van der Waals surface area contributed by atoms with Crippen molar-refractivity contribution < 1.29 is 19.4 Å². The maximum absolute atomic E-state index is 13.6. The van der Waals surface area contributed by atoms with Crippen molar-refractivity contribution in [1.82, 2.24) is 14.8 Å². The Balaban J connectivity index is 1.48. The Bertz CT molecular complexity index is 1260. The molecule has 1 aliphatic carbocycles. The highest BCUT2D eigenvalue weighted by atomic mass is 32.1. The van der Waals surface area contributed by atoms with Crippen molar-refractivity contribution in [2.24, 2.45) is 11.8 Å². The van der Waals surface area contributed by atoms with Crippen LogP contribution in [0.2, 0.25) is 0 Å². The minimum absolute atomic E-state index is 0.0146. The molecular weight excluding hydrogens is 488 g/mol. The average molecular weight is 523 g/mol. The smallest absolute Gasteiger partial charge is 0.284 e. The number of benzene rings is 2. The number of aromatic nitrogens is 1. The number of carbonyl (C=O) groups is 2. The van der Waals surface area contributed by atoms with E-state index in [2.05, 4.69) is 29.2 Å². The fourth-order valence-electron chi connectivity index (χ4n) is 4.83. The van der Waals surface area contributed by atoms with Gasteiger partial charge >= 0.3 is 0 Å². The largest absolute Gasteiger partial charge is 0.486 e. The van der Waals surface area contributed by atoms with E-state index in [1.54, 1.807) is 23.1 Å². The molecule has 2 heterocycles. The minimum atomic E-state index is -0.344. The van der Waals surface area contributed by atoms with Gasteiger partial charge in [-0.1, -0.05) is 25.1 Å². The number of hydrogen-bond acceptors (Lipinski definition) is 7. The Hall–Kier alpha value is -3.01. The van der Waals surface area contributed by atoms with Crippen LogP contribution in [0.25, 0.3) is 10.2 Å². The summed E-state index contributed by atoms with van der Waals surface area (Å²) in [6, 6.07) is 12.5. The number of likely N-dealkylation sites (N-methyl/N-ethyl adjacent to an activating group) is 1. The molecule has 37 heavy (non-hydrogen) atoms. The Morgan fingerprint density at radius 3 is 2.76 bits per heavy atom. The molecule has 0 radical (unpaired) electrons. The maximum Gasteiger partial charge on any atom is 0.284 e. The maximum atomic E-state index is 13.6. The molecule has 196 valence electrons. The summed E-state index contributed by atoms with van der Waals surface area (Å²) in [5.41, 5.74) is 1.59. The van der Waals surface area contributed by atoms with Gasteiger partial charge < -0.3 is 25.0 Å². The number of amides is 2. The van der Waals surface area contributed by atoms with E-state index < -0.39 is 0 Å². The van der Waals surface area contributed by atoms with Gasteiger partial charge in [-0.3, -0.25) is 9.59 Å². The van der Waals surface area contributed by atoms with Gasteiger partial charge in [0, 0.05) is 25.6 Å². The number of aliphatic hydroxyl groups is 1. The first-order chi connectivity index (χ1) is 17.8. The summed E-state index contributed by atoms with van der Waals surface area (Å²) in [5.74, 6) is 0.569. The lowest BCUT2D eigenvalue weighted by Crippen LogP contribution is -2.50. The van der Waals surface area contributed by atoms with Crippen molar-refractivity contribution in [3.63, 3.8) is 0 Å². The van der Waals surface area contributed by atoms with Gasteiger partial charge in [-0.15, -0.1) is 11.3 Å². The van der Waals surface area contributed by atoms with E-state index in [0.29, 0.717) is 35.1 Å². The van der Waals surface area contributed by atoms with E-state index in [9.17, 15) is 14.7 Å². The molecule has 2 N–H and O–H groups in total. The molecule has 9 heteroatoms. The first kappa shape index (κ1) is 25.6. The van der Waals surface area contributed by atoms with Gasteiger partial charge in [0.05, 0.1) is 34.1 Å². The van der Waals surface area contributed by atoms with Crippen LogP contribution in [-0.4, -0.2) is 77.1 Å². The number of nitrogens with zero attached hydrogens (tertiary/aromatic N) is 3. The molecule has 1 aliphatic heterocycles. The van der Waals surface area contributed by atoms with Crippen molar-refractivity contribution >= 4 is 39.1 Å². The van der Waals surface area contributed by atoms with Crippen molar-refractivity contribution in [3.8, 4) is 5.75 Å². The molecule has 2 amide bonds. The molecule has 1 aromatic heterocycles. The third kappa shape index (κ3) is 5.63. The van der Waals surface area contributed by atoms with Crippen molar-refractivity contribution in [2.75, 3.05) is 38.6 Å². The zero-order valence-corrected chi connectivity index (χ0v) is 22.3. The number of fused-ring (bicyclic) bond motifs is 2. The summed E-state index contributed by atoms with van der Waals surface area (Å²) in [4.78, 5) is 35.4. The number of nitrogens with one attached hydrogen (secondary N) is 1. The number of thiazole rings is 1. The van der Waals surface area contributed by atoms with E-state index in [0.717, 1.165) is 22.7 Å². The van der Waals surface area contributed by atoms with Crippen molar-refractivity contribution in [3.05, 3.63) is 53.0 Å². The second-order valence-corrected chi connectivity index (χ2v) is 11.4. The molecule has 5 rings (SSSR count). The van der Waals surface area contributed by atoms with Crippen LogP contribution in [0.4, 0.5) is 5.69 Å². The average Bonchev–Trinajstić information content (AvgIpc) is 3.59. The van der Waals surface area contributed by atoms with Gasteiger partial charge in [0.1, 0.15) is 6.10 Å². The SMILES string of the molecule is C[C@@H]1CN([C@@H](C)CO)C(=O)c2cccc(NC(=O)c3nc4ccccc4s3)c2O[C@H]1CN(C)CC1CC1. The number of aliphatic hydroxyl groups excluding tert-OH is 1. The zero-order valence-electron chi connectivity index (χ0n) is 21.5. The van der Waals surface area contributed by atoms with Gasteiger partial charge in [-0.05, 0) is 57.0 Å². The molecule has 1 saturated carbocycles. The normalized spacial score (nSPS) is 20.8. The molecule has 3 aromatic rings. The van der Waals surface area contributed by atoms with Gasteiger partial charge in [0.2, 0.25) is 0 Å². The Morgan fingerprint density at radius 1 is 1.24 bits per heavy atom. The number of hydrogen-bond donors (Lipinski definition) is 2. The highest BCUT2D eigenvalue weighted by Gasteiger charge is 2.35. The van der Waals surface area contributed by atoms with Crippen LogP contribution in [0.15, 0.2) is 42.5 Å². The molecular formula is C28H34N4O4S. The summed E-state index contributed by atoms with van der Waals surface area (Å²) in [6.07, 6.45) is 2.34. The molecule has 3 atom stereocenters. The highest BCUT2D eigenvalue weighted by Crippen LogP contribution is 2.36. The lowest BCUT2D eigenvalue weighted by atomic mass is 9.99. The molecule has 1 fully saturated rings. The molecule has 2 aliphatic rings. The van der Waals surface area contributed by atoms with E-state index in [-0.39, 0.29) is 36.5 Å². The van der Waals surface area contributed by atoms with Gasteiger partial charge in [-0.25, -0.2) is 4.98 Å². The summed E-state index contributed by atoms with van der Waals surface area (Å²) >= 11 is 1.32. The number of ether oxygens (including phenoxy) is 1. The third-order valence-electron chi connectivity index (χ3n) is 7.19. The van der Waals surface area contributed by atoms with Gasteiger partial charge in [-0.2, -0.15) is 0 Å². The predicted molar refractivity (Wildman–Crippen MR) is 145 cm³/mol. The van der Waals surface area contributed by atoms with E-state index in [1.807, 2.05) is 31.2 Å². The van der Waals surface area contributed by atoms with E-state index in [4.69, 9.17) is 4.74 Å². The molecule has 0 bridgehead atoms. The van der Waals surface area contributed by atoms with Crippen LogP contribution >= 0.6 is 11.3 Å². The zero-order chi connectivity index (χ0) is 26.1. The minimum Gasteiger partial charge on any atom is -0.486 e.